The highest BCUT2D eigenvalue weighted by Crippen LogP contribution is 2.00. The molecule has 0 radical (unpaired) electrons. The van der Waals surface area contributed by atoms with Crippen LogP contribution in [-0.4, -0.2) is 22.5 Å². The summed E-state index contributed by atoms with van der Waals surface area (Å²) in [5.41, 5.74) is -1.81. The summed E-state index contributed by atoms with van der Waals surface area (Å²) in [5, 5.41) is 18.8. The molecule has 0 spiro atoms. The fourth-order valence-electron chi connectivity index (χ4n) is 0.481. The molecule has 0 bridgehead atoms. The SMILES string of the molecule is CC(=O)NC(C)(C#N)C(=O)O. The molecule has 0 heterocycles. The normalized spacial score (nSPS) is 14.3. The van der Waals surface area contributed by atoms with Gasteiger partial charge in [0.2, 0.25) is 11.4 Å². The zero-order valence-corrected chi connectivity index (χ0v) is 6.21. The molecule has 0 aromatic rings. The van der Waals surface area contributed by atoms with Crippen molar-refractivity contribution in [3.8, 4) is 6.07 Å². The second-order valence-electron chi connectivity index (χ2n) is 2.22. The number of hydrogen-bond donors (Lipinski definition) is 2. The first kappa shape index (κ1) is 9.43. The third-order valence-corrected chi connectivity index (χ3v) is 1.08. The third kappa shape index (κ3) is 2.26. The van der Waals surface area contributed by atoms with Gasteiger partial charge in [-0.3, -0.25) is 4.79 Å². The molecule has 1 unspecified atom stereocenters. The van der Waals surface area contributed by atoms with Crippen molar-refractivity contribution >= 4 is 11.9 Å². The van der Waals surface area contributed by atoms with Crippen LogP contribution < -0.4 is 5.32 Å². The van der Waals surface area contributed by atoms with Crippen LogP contribution in [0.5, 0.6) is 0 Å². The molecule has 0 fully saturated rings. The minimum absolute atomic E-state index is 0.545. The summed E-state index contributed by atoms with van der Waals surface area (Å²) in [5.74, 6) is -1.91. The number of hydrogen-bond acceptors (Lipinski definition) is 3. The fourth-order valence-corrected chi connectivity index (χ4v) is 0.481. The second-order valence-corrected chi connectivity index (χ2v) is 2.22. The Hall–Kier alpha value is -1.57. The molecule has 0 aromatic carbocycles. The van der Waals surface area contributed by atoms with Gasteiger partial charge in [-0.1, -0.05) is 0 Å². The van der Waals surface area contributed by atoms with Crippen LogP contribution in [0.4, 0.5) is 0 Å². The first-order chi connectivity index (χ1) is 4.92. The molecule has 0 aliphatic rings. The molecule has 60 valence electrons. The van der Waals surface area contributed by atoms with E-state index in [1.54, 1.807) is 0 Å². The van der Waals surface area contributed by atoms with Crippen molar-refractivity contribution in [2.45, 2.75) is 19.4 Å². The molecule has 0 saturated carbocycles. The number of nitrogens with one attached hydrogen (secondary N) is 1. The van der Waals surface area contributed by atoms with E-state index >= 15 is 0 Å². The van der Waals surface area contributed by atoms with Gasteiger partial charge in [0.25, 0.3) is 0 Å². The van der Waals surface area contributed by atoms with Crippen molar-refractivity contribution in [3.05, 3.63) is 0 Å². The van der Waals surface area contributed by atoms with Crippen LogP contribution in [0.3, 0.4) is 0 Å². The van der Waals surface area contributed by atoms with Gasteiger partial charge >= 0.3 is 5.97 Å². The predicted molar refractivity (Wildman–Crippen MR) is 35.5 cm³/mol. The number of nitriles is 1. The van der Waals surface area contributed by atoms with Crippen molar-refractivity contribution in [3.63, 3.8) is 0 Å². The number of carboxylic acid groups (broad SMARTS) is 1. The van der Waals surface area contributed by atoms with Gasteiger partial charge in [-0.2, -0.15) is 5.26 Å². The van der Waals surface area contributed by atoms with Gasteiger partial charge in [-0.05, 0) is 6.92 Å². The molecule has 0 aliphatic carbocycles. The van der Waals surface area contributed by atoms with Crippen LogP contribution >= 0.6 is 0 Å². The molecule has 2 N–H and O–H groups in total. The molecule has 0 saturated heterocycles. The molecular weight excluding hydrogens is 148 g/mol. The van der Waals surface area contributed by atoms with Gasteiger partial charge in [0.05, 0.1) is 0 Å². The largest absolute Gasteiger partial charge is 0.479 e. The van der Waals surface area contributed by atoms with E-state index in [0.717, 1.165) is 13.8 Å². The third-order valence-electron chi connectivity index (χ3n) is 1.08. The first-order valence-corrected chi connectivity index (χ1v) is 2.86. The highest BCUT2D eigenvalue weighted by molar-refractivity contribution is 5.88. The molecule has 1 atom stereocenters. The van der Waals surface area contributed by atoms with Crippen LogP contribution in [0.2, 0.25) is 0 Å². The van der Waals surface area contributed by atoms with Crippen molar-refractivity contribution in [2.24, 2.45) is 0 Å². The summed E-state index contributed by atoms with van der Waals surface area (Å²) in [4.78, 5) is 20.7. The highest BCUT2D eigenvalue weighted by atomic mass is 16.4. The maximum atomic E-state index is 10.4. The van der Waals surface area contributed by atoms with Crippen LogP contribution in [0.25, 0.3) is 0 Å². The van der Waals surface area contributed by atoms with Gasteiger partial charge in [-0.25, -0.2) is 4.79 Å². The topological polar surface area (TPSA) is 90.2 Å². The van der Waals surface area contributed by atoms with Crippen LogP contribution in [0.15, 0.2) is 0 Å². The predicted octanol–water partition coefficient (Wildman–Crippen LogP) is -0.511. The smallest absolute Gasteiger partial charge is 0.344 e. The Bertz CT molecular complexity index is 230. The lowest BCUT2D eigenvalue weighted by Gasteiger charge is -2.15. The summed E-state index contributed by atoms with van der Waals surface area (Å²) >= 11 is 0. The second kappa shape index (κ2) is 3.01. The number of nitrogens with zero attached hydrogens (tertiary/aromatic N) is 1. The quantitative estimate of drug-likeness (QED) is 0.563. The van der Waals surface area contributed by atoms with Crippen molar-refractivity contribution in [2.75, 3.05) is 0 Å². The van der Waals surface area contributed by atoms with Crippen molar-refractivity contribution in [1.82, 2.24) is 5.32 Å². The summed E-state index contributed by atoms with van der Waals surface area (Å²) in [6.07, 6.45) is 0. The van der Waals surface area contributed by atoms with E-state index in [9.17, 15) is 9.59 Å². The summed E-state index contributed by atoms with van der Waals surface area (Å²) in [6.45, 7) is 2.27. The summed E-state index contributed by atoms with van der Waals surface area (Å²) < 4.78 is 0. The Morgan fingerprint density at radius 1 is 1.64 bits per heavy atom. The Kier molecular flexibility index (Phi) is 2.58. The van der Waals surface area contributed by atoms with Gasteiger partial charge in [0.1, 0.15) is 6.07 Å². The zero-order valence-electron chi connectivity index (χ0n) is 6.21. The number of carbonyl (C=O) groups excluding carboxylic acids is 1. The lowest BCUT2D eigenvalue weighted by atomic mass is 10.1. The molecule has 0 rings (SSSR count). The number of rotatable bonds is 2. The average Bonchev–Trinajstić information content (AvgIpc) is 1.86. The lowest BCUT2D eigenvalue weighted by Crippen LogP contribution is -2.50. The molecule has 5 heteroatoms. The van der Waals surface area contributed by atoms with E-state index in [-0.39, 0.29) is 0 Å². The molecule has 1 amide bonds. The Morgan fingerprint density at radius 2 is 2.09 bits per heavy atom. The molecule has 5 nitrogen and oxygen atoms in total. The molecular formula is C6H8N2O3. The van der Waals surface area contributed by atoms with E-state index in [1.165, 1.54) is 6.07 Å². The van der Waals surface area contributed by atoms with Crippen molar-refractivity contribution < 1.29 is 14.7 Å². The van der Waals surface area contributed by atoms with Gasteiger partial charge in [-0.15, -0.1) is 0 Å². The van der Waals surface area contributed by atoms with E-state index in [4.69, 9.17) is 10.4 Å². The van der Waals surface area contributed by atoms with Crippen LogP contribution in [0, 0.1) is 11.3 Å². The van der Waals surface area contributed by atoms with Gasteiger partial charge in [0, 0.05) is 6.92 Å². The maximum Gasteiger partial charge on any atom is 0.344 e. The molecule has 0 aliphatic heterocycles. The molecule has 0 aromatic heterocycles. The van der Waals surface area contributed by atoms with E-state index in [2.05, 4.69) is 0 Å². The van der Waals surface area contributed by atoms with Gasteiger partial charge < -0.3 is 10.4 Å². The van der Waals surface area contributed by atoms with Gasteiger partial charge in [0.15, 0.2) is 0 Å². The maximum absolute atomic E-state index is 10.4. The first-order valence-electron chi connectivity index (χ1n) is 2.86. The fraction of sp³-hybridized carbons (Fsp3) is 0.500. The van der Waals surface area contributed by atoms with E-state index in [1.807, 2.05) is 5.32 Å². The Labute approximate surface area is 63.6 Å². The standard InChI is InChI=1S/C6H8N2O3/c1-4(9)8-6(2,3-7)5(10)11/h1-2H3,(H,8,9)(H,10,11). The number of carbonyl (C=O) groups is 2. The van der Waals surface area contributed by atoms with Crippen molar-refractivity contribution in [1.29, 1.82) is 5.26 Å². The number of carboxylic acids is 1. The minimum atomic E-state index is -1.81. The monoisotopic (exact) mass is 156 g/mol. The average molecular weight is 156 g/mol. The number of aliphatic carboxylic acids is 1. The van der Waals surface area contributed by atoms with E-state index in [0.29, 0.717) is 0 Å². The lowest BCUT2D eigenvalue weighted by molar-refractivity contribution is -0.144. The number of amides is 1. The minimum Gasteiger partial charge on any atom is -0.479 e. The molecule has 11 heavy (non-hydrogen) atoms. The van der Waals surface area contributed by atoms with Crippen LogP contribution in [0.1, 0.15) is 13.8 Å². The zero-order chi connectivity index (χ0) is 9.07. The van der Waals surface area contributed by atoms with Crippen LogP contribution in [-0.2, 0) is 9.59 Å². The highest BCUT2D eigenvalue weighted by Gasteiger charge is 2.33. The Balaban J connectivity index is 4.51. The summed E-state index contributed by atoms with van der Waals surface area (Å²) in [6, 6.07) is 1.48. The Morgan fingerprint density at radius 3 is 2.18 bits per heavy atom. The van der Waals surface area contributed by atoms with E-state index < -0.39 is 17.4 Å². The summed E-state index contributed by atoms with van der Waals surface area (Å²) in [7, 11) is 0.